The molecule has 2 aromatic rings. The van der Waals surface area contributed by atoms with Gasteiger partial charge in [0.05, 0.1) is 5.92 Å². The fourth-order valence-electron chi connectivity index (χ4n) is 2.69. The van der Waals surface area contributed by atoms with Crippen molar-refractivity contribution in [2.24, 2.45) is 0 Å². The summed E-state index contributed by atoms with van der Waals surface area (Å²) in [6, 6.07) is 13.3. The number of hydrogen-bond acceptors (Lipinski definition) is 2. The van der Waals surface area contributed by atoms with Gasteiger partial charge in [-0.2, -0.15) is 0 Å². The highest BCUT2D eigenvalue weighted by Gasteiger charge is 2.30. The first-order valence-corrected chi connectivity index (χ1v) is 7.31. The van der Waals surface area contributed by atoms with E-state index >= 15 is 0 Å². The summed E-state index contributed by atoms with van der Waals surface area (Å²) < 4.78 is 0. The molecule has 2 N–H and O–H groups in total. The second-order valence-corrected chi connectivity index (χ2v) is 5.68. The lowest BCUT2D eigenvalue weighted by molar-refractivity contribution is -0.123. The van der Waals surface area contributed by atoms with E-state index in [4.69, 9.17) is 0 Å². The van der Waals surface area contributed by atoms with Gasteiger partial charge in [0, 0.05) is 17.8 Å². The number of amides is 2. The lowest BCUT2D eigenvalue weighted by Crippen LogP contribution is -2.30. The minimum Gasteiger partial charge on any atom is -0.326 e. The number of rotatable bonds is 2. The molecule has 0 aromatic heterocycles. The lowest BCUT2D eigenvalue weighted by Gasteiger charge is -2.24. The molecule has 2 aromatic carbocycles. The molecule has 0 bridgehead atoms. The van der Waals surface area contributed by atoms with Crippen LogP contribution < -0.4 is 10.6 Å². The standard InChI is InChI=1S/C18H18N2O2/c1-11-7-8-13(9-12(11)2)19-18(22)15-10-17(21)20-16-6-4-3-5-14(15)16/h3-9,15H,10H2,1-2H3,(H,19,22)(H,20,21). The minimum atomic E-state index is -0.452. The van der Waals surface area contributed by atoms with E-state index in [0.29, 0.717) is 0 Å². The Bertz CT molecular complexity index is 753. The summed E-state index contributed by atoms with van der Waals surface area (Å²) in [5.41, 5.74) is 4.65. The van der Waals surface area contributed by atoms with Crippen molar-refractivity contribution >= 4 is 23.2 Å². The van der Waals surface area contributed by atoms with Crippen molar-refractivity contribution in [2.75, 3.05) is 10.6 Å². The number of anilines is 2. The first kappa shape index (κ1) is 14.3. The van der Waals surface area contributed by atoms with Crippen LogP contribution in [0.25, 0.3) is 0 Å². The zero-order chi connectivity index (χ0) is 15.7. The SMILES string of the molecule is Cc1ccc(NC(=O)C2CC(=O)Nc3ccccc32)cc1C. The third kappa shape index (κ3) is 2.72. The maximum absolute atomic E-state index is 12.6. The van der Waals surface area contributed by atoms with E-state index in [2.05, 4.69) is 10.6 Å². The summed E-state index contributed by atoms with van der Waals surface area (Å²) in [6.07, 6.45) is 0.174. The minimum absolute atomic E-state index is 0.126. The Labute approximate surface area is 129 Å². The molecule has 22 heavy (non-hydrogen) atoms. The summed E-state index contributed by atoms with van der Waals surface area (Å²) >= 11 is 0. The van der Waals surface area contributed by atoms with Crippen molar-refractivity contribution < 1.29 is 9.59 Å². The highest BCUT2D eigenvalue weighted by Crippen LogP contribution is 2.32. The van der Waals surface area contributed by atoms with Crippen LogP contribution in [0.15, 0.2) is 42.5 Å². The average molecular weight is 294 g/mol. The summed E-state index contributed by atoms with van der Waals surface area (Å²) in [4.78, 5) is 24.4. The first-order chi connectivity index (χ1) is 10.5. The van der Waals surface area contributed by atoms with Crippen LogP contribution in [0.4, 0.5) is 11.4 Å². The molecular weight excluding hydrogens is 276 g/mol. The number of fused-ring (bicyclic) bond motifs is 1. The second kappa shape index (κ2) is 5.64. The van der Waals surface area contributed by atoms with E-state index in [1.807, 2.05) is 56.3 Å². The van der Waals surface area contributed by atoms with Crippen LogP contribution in [0.1, 0.15) is 29.0 Å². The first-order valence-electron chi connectivity index (χ1n) is 7.31. The van der Waals surface area contributed by atoms with Crippen molar-refractivity contribution in [3.8, 4) is 0 Å². The number of para-hydroxylation sites is 1. The topological polar surface area (TPSA) is 58.2 Å². The molecule has 3 rings (SSSR count). The van der Waals surface area contributed by atoms with Crippen molar-refractivity contribution in [1.82, 2.24) is 0 Å². The molecule has 4 heteroatoms. The molecule has 112 valence electrons. The van der Waals surface area contributed by atoms with Crippen LogP contribution in [0.5, 0.6) is 0 Å². The predicted molar refractivity (Wildman–Crippen MR) is 87.0 cm³/mol. The van der Waals surface area contributed by atoms with Crippen LogP contribution in [0.2, 0.25) is 0 Å². The van der Waals surface area contributed by atoms with Gasteiger partial charge in [0.15, 0.2) is 0 Å². The van der Waals surface area contributed by atoms with Gasteiger partial charge in [0.25, 0.3) is 0 Å². The maximum atomic E-state index is 12.6. The van der Waals surface area contributed by atoms with E-state index in [1.165, 1.54) is 5.56 Å². The highest BCUT2D eigenvalue weighted by atomic mass is 16.2. The number of benzene rings is 2. The Morgan fingerprint density at radius 1 is 1.14 bits per heavy atom. The Hall–Kier alpha value is -2.62. The van der Waals surface area contributed by atoms with Gasteiger partial charge in [0.1, 0.15) is 0 Å². The third-order valence-electron chi connectivity index (χ3n) is 4.09. The van der Waals surface area contributed by atoms with Gasteiger partial charge in [0.2, 0.25) is 11.8 Å². The summed E-state index contributed by atoms with van der Waals surface area (Å²) in [6.45, 7) is 4.04. The van der Waals surface area contributed by atoms with Gasteiger partial charge in [-0.15, -0.1) is 0 Å². The average Bonchev–Trinajstić information content (AvgIpc) is 2.50. The Balaban J connectivity index is 1.86. The van der Waals surface area contributed by atoms with Crippen molar-refractivity contribution in [3.63, 3.8) is 0 Å². The lowest BCUT2D eigenvalue weighted by atomic mass is 9.89. The van der Waals surface area contributed by atoms with Gasteiger partial charge >= 0.3 is 0 Å². The molecular formula is C18H18N2O2. The van der Waals surface area contributed by atoms with Crippen molar-refractivity contribution in [1.29, 1.82) is 0 Å². The van der Waals surface area contributed by atoms with E-state index in [0.717, 1.165) is 22.5 Å². The smallest absolute Gasteiger partial charge is 0.232 e. The molecule has 0 spiro atoms. The van der Waals surface area contributed by atoms with Crippen LogP contribution in [0.3, 0.4) is 0 Å². The van der Waals surface area contributed by atoms with Gasteiger partial charge in [-0.1, -0.05) is 24.3 Å². The molecule has 1 aliphatic heterocycles. The quantitative estimate of drug-likeness (QED) is 0.892. The van der Waals surface area contributed by atoms with Crippen LogP contribution in [-0.2, 0) is 9.59 Å². The molecule has 0 saturated carbocycles. The zero-order valence-corrected chi connectivity index (χ0v) is 12.6. The van der Waals surface area contributed by atoms with E-state index in [1.54, 1.807) is 0 Å². The fourth-order valence-corrected chi connectivity index (χ4v) is 2.69. The molecule has 1 atom stereocenters. The second-order valence-electron chi connectivity index (χ2n) is 5.68. The zero-order valence-electron chi connectivity index (χ0n) is 12.6. The summed E-state index contributed by atoms with van der Waals surface area (Å²) in [7, 11) is 0. The van der Waals surface area contributed by atoms with E-state index in [9.17, 15) is 9.59 Å². The fraction of sp³-hybridized carbons (Fsp3) is 0.222. The molecule has 0 radical (unpaired) electrons. The van der Waals surface area contributed by atoms with Crippen molar-refractivity contribution in [3.05, 3.63) is 59.2 Å². The van der Waals surface area contributed by atoms with Crippen LogP contribution in [-0.4, -0.2) is 11.8 Å². The normalized spacial score (nSPS) is 16.6. The Morgan fingerprint density at radius 2 is 1.91 bits per heavy atom. The summed E-state index contributed by atoms with van der Waals surface area (Å²) in [5.74, 6) is -0.726. The molecule has 1 aliphatic rings. The molecule has 2 amide bonds. The molecule has 0 saturated heterocycles. The van der Waals surface area contributed by atoms with Gasteiger partial charge in [-0.05, 0) is 48.7 Å². The van der Waals surface area contributed by atoms with Crippen LogP contribution in [0, 0.1) is 13.8 Å². The third-order valence-corrected chi connectivity index (χ3v) is 4.09. The van der Waals surface area contributed by atoms with E-state index < -0.39 is 5.92 Å². The predicted octanol–water partition coefficient (Wildman–Crippen LogP) is 3.37. The van der Waals surface area contributed by atoms with Crippen molar-refractivity contribution in [2.45, 2.75) is 26.2 Å². The summed E-state index contributed by atoms with van der Waals surface area (Å²) in [5, 5.41) is 5.73. The van der Waals surface area contributed by atoms with Gasteiger partial charge in [-0.3, -0.25) is 9.59 Å². The Kier molecular flexibility index (Phi) is 3.67. The molecule has 1 heterocycles. The van der Waals surface area contributed by atoms with Crippen LogP contribution >= 0.6 is 0 Å². The Morgan fingerprint density at radius 3 is 2.68 bits per heavy atom. The molecule has 0 aliphatic carbocycles. The number of carbonyl (C=O) groups is 2. The monoisotopic (exact) mass is 294 g/mol. The number of carbonyl (C=O) groups excluding carboxylic acids is 2. The van der Waals surface area contributed by atoms with Gasteiger partial charge in [-0.25, -0.2) is 0 Å². The highest BCUT2D eigenvalue weighted by molar-refractivity contribution is 6.05. The largest absolute Gasteiger partial charge is 0.326 e. The van der Waals surface area contributed by atoms with Gasteiger partial charge < -0.3 is 10.6 Å². The molecule has 4 nitrogen and oxygen atoms in total. The maximum Gasteiger partial charge on any atom is 0.232 e. The number of aryl methyl sites for hydroxylation is 2. The molecule has 0 fully saturated rings. The van der Waals surface area contributed by atoms with E-state index in [-0.39, 0.29) is 18.2 Å². The molecule has 1 unspecified atom stereocenters. The number of nitrogens with one attached hydrogen (secondary N) is 2. The number of hydrogen-bond donors (Lipinski definition) is 2.